The number of hydrogen-bond donors (Lipinski definition) is 1. The van der Waals surface area contributed by atoms with Crippen molar-refractivity contribution >= 4 is 27.4 Å². The van der Waals surface area contributed by atoms with Crippen LogP contribution >= 0.6 is 11.3 Å². The zero-order valence-electron chi connectivity index (χ0n) is 17.1. The molecule has 5 heteroatoms. The highest BCUT2D eigenvalue weighted by molar-refractivity contribution is 7.17. The number of benzene rings is 3. The van der Waals surface area contributed by atoms with Gasteiger partial charge >= 0.3 is 5.97 Å². The van der Waals surface area contributed by atoms with Crippen LogP contribution in [-0.4, -0.2) is 29.1 Å². The fourth-order valence-corrected chi connectivity index (χ4v) is 5.25. The first-order chi connectivity index (χ1) is 15.2. The van der Waals surface area contributed by atoms with Crippen LogP contribution in [0.3, 0.4) is 0 Å². The number of ether oxygens (including phenoxy) is 1. The Morgan fingerprint density at radius 2 is 1.84 bits per heavy atom. The van der Waals surface area contributed by atoms with Crippen molar-refractivity contribution in [2.24, 2.45) is 0 Å². The van der Waals surface area contributed by atoms with Gasteiger partial charge in [-0.1, -0.05) is 48.5 Å². The lowest BCUT2D eigenvalue weighted by Gasteiger charge is -2.29. The number of carboxylic acids is 1. The van der Waals surface area contributed by atoms with E-state index in [4.69, 9.17) is 9.84 Å². The highest BCUT2D eigenvalue weighted by Crippen LogP contribution is 2.36. The lowest BCUT2D eigenvalue weighted by molar-refractivity contribution is -0.139. The van der Waals surface area contributed by atoms with E-state index in [0.717, 1.165) is 37.2 Å². The van der Waals surface area contributed by atoms with Gasteiger partial charge in [-0.15, -0.1) is 11.3 Å². The van der Waals surface area contributed by atoms with E-state index >= 15 is 0 Å². The number of carboxylic acid groups (broad SMARTS) is 1. The van der Waals surface area contributed by atoms with Gasteiger partial charge in [0.1, 0.15) is 5.75 Å². The van der Waals surface area contributed by atoms with Crippen LogP contribution < -0.4 is 4.74 Å². The van der Waals surface area contributed by atoms with Crippen molar-refractivity contribution in [1.82, 2.24) is 4.90 Å². The molecule has 1 aliphatic heterocycles. The molecule has 0 bridgehead atoms. The molecule has 0 unspecified atom stereocenters. The average molecular weight is 430 g/mol. The monoisotopic (exact) mass is 429 g/mol. The molecule has 5 rings (SSSR count). The summed E-state index contributed by atoms with van der Waals surface area (Å²) in [5.74, 6) is -0.324. The summed E-state index contributed by atoms with van der Waals surface area (Å²) in [5.41, 5.74) is 6.14. The molecular formula is C26H23NO3S. The van der Waals surface area contributed by atoms with Crippen LogP contribution in [0.2, 0.25) is 0 Å². The van der Waals surface area contributed by atoms with Crippen LogP contribution in [0.1, 0.15) is 16.7 Å². The van der Waals surface area contributed by atoms with Crippen molar-refractivity contribution in [3.63, 3.8) is 0 Å². The molecule has 2 heterocycles. The molecule has 0 radical (unpaired) electrons. The van der Waals surface area contributed by atoms with E-state index in [1.54, 1.807) is 11.3 Å². The highest BCUT2D eigenvalue weighted by Gasteiger charge is 2.19. The standard InChI is InChI=1S/C26H23NO3S/c28-26(29)16-30-24-10-9-19(23-17-31-25-8-4-3-7-22(23)25)13-21(24)15-27-12-11-18-5-1-2-6-20(18)14-27/h1-10,13,17H,11-12,14-16H2,(H,28,29). The van der Waals surface area contributed by atoms with Crippen molar-refractivity contribution < 1.29 is 14.6 Å². The van der Waals surface area contributed by atoms with Crippen LogP contribution in [0.25, 0.3) is 21.2 Å². The Balaban J connectivity index is 1.47. The quantitative estimate of drug-likeness (QED) is 0.434. The van der Waals surface area contributed by atoms with E-state index in [2.05, 4.69) is 64.9 Å². The first-order valence-corrected chi connectivity index (χ1v) is 11.3. The summed E-state index contributed by atoms with van der Waals surface area (Å²) in [4.78, 5) is 13.5. The van der Waals surface area contributed by atoms with E-state index < -0.39 is 5.97 Å². The molecule has 4 aromatic rings. The maximum Gasteiger partial charge on any atom is 0.341 e. The molecule has 3 aromatic carbocycles. The van der Waals surface area contributed by atoms with Gasteiger partial charge in [-0.3, -0.25) is 4.90 Å². The Morgan fingerprint density at radius 1 is 1.03 bits per heavy atom. The van der Waals surface area contributed by atoms with Crippen molar-refractivity contribution in [2.75, 3.05) is 13.2 Å². The number of nitrogens with zero attached hydrogens (tertiary/aromatic N) is 1. The molecule has 0 aliphatic carbocycles. The molecule has 31 heavy (non-hydrogen) atoms. The zero-order chi connectivity index (χ0) is 21.2. The van der Waals surface area contributed by atoms with Gasteiger partial charge in [0.15, 0.2) is 6.61 Å². The van der Waals surface area contributed by atoms with Crippen molar-refractivity contribution in [2.45, 2.75) is 19.5 Å². The Kier molecular flexibility index (Phi) is 5.45. The Labute approximate surface area is 185 Å². The molecule has 1 N–H and O–H groups in total. The van der Waals surface area contributed by atoms with E-state index in [-0.39, 0.29) is 6.61 Å². The number of aliphatic carboxylic acids is 1. The van der Waals surface area contributed by atoms with Gasteiger partial charge in [-0.05, 0) is 46.7 Å². The van der Waals surface area contributed by atoms with E-state index in [1.807, 2.05) is 12.1 Å². The second-order valence-corrected chi connectivity index (χ2v) is 8.79. The predicted octanol–water partition coefficient (Wildman–Crippen LogP) is 5.59. The molecule has 0 atom stereocenters. The minimum absolute atomic E-state index is 0.337. The predicted molar refractivity (Wildman–Crippen MR) is 125 cm³/mol. The molecule has 0 fully saturated rings. The minimum atomic E-state index is -0.967. The minimum Gasteiger partial charge on any atom is -0.482 e. The van der Waals surface area contributed by atoms with Gasteiger partial charge in [-0.25, -0.2) is 4.79 Å². The Hall–Kier alpha value is -3.15. The van der Waals surface area contributed by atoms with Gasteiger partial charge in [0.25, 0.3) is 0 Å². The molecule has 156 valence electrons. The lowest BCUT2D eigenvalue weighted by atomic mass is 9.98. The third-order valence-electron chi connectivity index (χ3n) is 5.81. The molecular weight excluding hydrogens is 406 g/mol. The second-order valence-electron chi connectivity index (χ2n) is 7.88. The van der Waals surface area contributed by atoms with Crippen LogP contribution in [0, 0.1) is 0 Å². The Bertz CT molecular complexity index is 1250. The number of thiophene rings is 1. The van der Waals surface area contributed by atoms with Crippen LogP contribution in [0.5, 0.6) is 5.75 Å². The van der Waals surface area contributed by atoms with Crippen LogP contribution in [0.15, 0.2) is 72.1 Å². The maximum atomic E-state index is 11.1. The molecule has 0 saturated heterocycles. The summed E-state index contributed by atoms with van der Waals surface area (Å²) < 4.78 is 6.91. The zero-order valence-corrected chi connectivity index (χ0v) is 17.9. The summed E-state index contributed by atoms with van der Waals surface area (Å²) >= 11 is 1.74. The SMILES string of the molecule is O=C(O)COc1ccc(-c2csc3ccccc23)cc1CN1CCc2ccccc2C1. The van der Waals surface area contributed by atoms with Crippen LogP contribution in [0.4, 0.5) is 0 Å². The van der Waals surface area contributed by atoms with Crippen molar-refractivity contribution in [1.29, 1.82) is 0 Å². The fourth-order valence-electron chi connectivity index (χ4n) is 4.28. The molecule has 4 nitrogen and oxygen atoms in total. The van der Waals surface area contributed by atoms with Crippen LogP contribution in [-0.2, 0) is 24.3 Å². The Morgan fingerprint density at radius 3 is 2.71 bits per heavy atom. The summed E-state index contributed by atoms with van der Waals surface area (Å²) in [6.45, 7) is 2.25. The topological polar surface area (TPSA) is 49.8 Å². The summed E-state index contributed by atoms with van der Waals surface area (Å²) in [6.07, 6.45) is 1.02. The molecule has 1 aromatic heterocycles. The first-order valence-electron chi connectivity index (χ1n) is 10.4. The van der Waals surface area contributed by atoms with E-state index in [1.165, 1.54) is 26.8 Å². The van der Waals surface area contributed by atoms with Gasteiger partial charge in [0.05, 0.1) is 0 Å². The maximum absolute atomic E-state index is 11.1. The molecule has 1 aliphatic rings. The van der Waals surface area contributed by atoms with E-state index in [0.29, 0.717) is 5.75 Å². The van der Waals surface area contributed by atoms with Gasteiger partial charge in [-0.2, -0.15) is 0 Å². The third kappa shape index (κ3) is 4.20. The number of fused-ring (bicyclic) bond motifs is 2. The summed E-state index contributed by atoms with van der Waals surface area (Å²) in [5, 5.41) is 12.5. The lowest BCUT2D eigenvalue weighted by Crippen LogP contribution is -2.30. The van der Waals surface area contributed by atoms with Gasteiger partial charge < -0.3 is 9.84 Å². The summed E-state index contributed by atoms with van der Waals surface area (Å²) in [6, 6.07) is 23.1. The number of hydrogen-bond acceptors (Lipinski definition) is 4. The van der Waals surface area contributed by atoms with Crippen molar-refractivity contribution in [3.8, 4) is 16.9 Å². The third-order valence-corrected chi connectivity index (χ3v) is 6.77. The van der Waals surface area contributed by atoms with Gasteiger partial charge in [0, 0.05) is 40.8 Å². The van der Waals surface area contributed by atoms with Crippen molar-refractivity contribution in [3.05, 3.63) is 88.8 Å². The first kappa shape index (κ1) is 19.8. The number of rotatable bonds is 6. The fraction of sp³-hybridized carbons (Fsp3) is 0.192. The van der Waals surface area contributed by atoms with E-state index in [9.17, 15) is 4.79 Å². The molecule has 0 saturated carbocycles. The second kappa shape index (κ2) is 8.53. The average Bonchev–Trinajstić information content (AvgIpc) is 3.22. The number of carbonyl (C=O) groups is 1. The summed E-state index contributed by atoms with van der Waals surface area (Å²) in [7, 11) is 0. The molecule has 0 spiro atoms. The van der Waals surface area contributed by atoms with Gasteiger partial charge in [0.2, 0.25) is 0 Å². The largest absolute Gasteiger partial charge is 0.482 e. The molecule has 0 amide bonds. The smallest absolute Gasteiger partial charge is 0.341 e. The normalized spacial score (nSPS) is 13.8. The highest BCUT2D eigenvalue weighted by atomic mass is 32.1.